The molecule has 3 nitrogen and oxygen atoms in total. The first-order chi connectivity index (χ1) is 6.56. The molecular weight excluding hydrogens is 204 g/mol. The molecule has 0 bridgehead atoms. The van der Waals surface area contributed by atoms with Crippen molar-refractivity contribution in [2.75, 3.05) is 6.61 Å². The quantitative estimate of drug-likeness (QED) is 0.770. The summed E-state index contributed by atoms with van der Waals surface area (Å²) in [5.41, 5.74) is 0.910. The normalized spacial score (nSPS) is 9.93. The van der Waals surface area contributed by atoms with Crippen molar-refractivity contribution < 1.29 is 14.6 Å². The summed E-state index contributed by atoms with van der Waals surface area (Å²) in [4.78, 5) is 11.3. The van der Waals surface area contributed by atoms with Crippen LogP contribution in [0.2, 0.25) is 5.02 Å². The molecule has 0 unspecified atom stereocenters. The summed E-state index contributed by atoms with van der Waals surface area (Å²) >= 11 is 5.71. The Balaban J connectivity index is 3.06. The zero-order valence-electron chi connectivity index (χ0n) is 8.00. The van der Waals surface area contributed by atoms with Gasteiger partial charge in [0.15, 0.2) is 0 Å². The predicted molar refractivity (Wildman–Crippen MR) is 53.8 cm³/mol. The van der Waals surface area contributed by atoms with Crippen LogP contribution in [0.4, 0.5) is 0 Å². The number of aromatic hydroxyl groups is 1. The van der Waals surface area contributed by atoms with Crippen LogP contribution < -0.4 is 0 Å². The van der Waals surface area contributed by atoms with Crippen LogP contribution >= 0.6 is 11.6 Å². The topological polar surface area (TPSA) is 46.5 Å². The summed E-state index contributed by atoms with van der Waals surface area (Å²) in [6, 6.07) is 2.93. The lowest BCUT2D eigenvalue weighted by Crippen LogP contribution is -2.04. The van der Waals surface area contributed by atoms with Crippen molar-refractivity contribution in [1.82, 2.24) is 0 Å². The zero-order valence-corrected chi connectivity index (χ0v) is 8.76. The van der Waals surface area contributed by atoms with Gasteiger partial charge >= 0.3 is 5.97 Å². The van der Waals surface area contributed by atoms with Crippen molar-refractivity contribution in [2.24, 2.45) is 0 Å². The van der Waals surface area contributed by atoms with E-state index in [-0.39, 0.29) is 10.8 Å². The van der Waals surface area contributed by atoms with Crippen molar-refractivity contribution in [1.29, 1.82) is 0 Å². The molecule has 0 fully saturated rings. The molecule has 0 aliphatic rings. The van der Waals surface area contributed by atoms with E-state index in [0.717, 1.165) is 0 Å². The third kappa shape index (κ3) is 2.17. The van der Waals surface area contributed by atoms with Crippen LogP contribution in [0.1, 0.15) is 22.8 Å². The number of halogens is 1. The number of carbonyl (C=O) groups excluding carboxylic acids is 1. The van der Waals surface area contributed by atoms with E-state index in [1.165, 1.54) is 6.07 Å². The van der Waals surface area contributed by atoms with E-state index in [9.17, 15) is 9.90 Å². The molecule has 0 saturated carbocycles. The van der Waals surface area contributed by atoms with Crippen molar-refractivity contribution in [3.63, 3.8) is 0 Å². The molecule has 1 aromatic rings. The highest BCUT2D eigenvalue weighted by atomic mass is 35.5. The SMILES string of the molecule is CCOC(=O)c1cc(C)c(O)c(Cl)c1. The van der Waals surface area contributed by atoms with Gasteiger partial charge in [0.1, 0.15) is 5.75 Å². The van der Waals surface area contributed by atoms with Crippen LogP contribution in [-0.4, -0.2) is 17.7 Å². The first kappa shape index (κ1) is 10.9. The van der Waals surface area contributed by atoms with Crippen LogP contribution in [0.3, 0.4) is 0 Å². The first-order valence-corrected chi connectivity index (χ1v) is 4.60. The smallest absolute Gasteiger partial charge is 0.338 e. The standard InChI is InChI=1S/C10H11ClO3/c1-3-14-10(13)7-4-6(2)9(12)8(11)5-7/h4-5,12H,3H2,1-2H3. The summed E-state index contributed by atoms with van der Waals surface area (Å²) in [5, 5.41) is 9.52. The molecule has 0 aliphatic heterocycles. The second-order valence-electron chi connectivity index (χ2n) is 2.84. The number of hydrogen-bond acceptors (Lipinski definition) is 3. The fraction of sp³-hybridized carbons (Fsp3) is 0.300. The molecule has 0 aliphatic carbocycles. The van der Waals surface area contributed by atoms with Crippen LogP contribution in [0.15, 0.2) is 12.1 Å². The van der Waals surface area contributed by atoms with Gasteiger partial charge in [-0.15, -0.1) is 0 Å². The fourth-order valence-electron chi connectivity index (χ4n) is 1.07. The summed E-state index contributed by atoms with van der Waals surface area (Å²) in [6.45, 7) is 3.72. The highest BCUT2D eigenvalue weighted by Crippen LogP contribution is 2.28. The second-order valence-corrected chi connectivity index (χ2v) is 3.25. The molecule has 1 N–H and O–H groups in total. The zero-order chi connectivity index (χ0) is 10.7. The van der Waals surface area contributed by atoms with Crippen molar-refractivity contribution >= 4 is 17.6 Å². The third-order valence-electron chi connectivity index (χ3n) is 1.77. The molecule has 0 atom stereocenters. The molecule has 0 saturated heterocycles. The summed E-state index contributed by atoms with van der Waals surface area (Å²) in [5.74, 6) is -0.433. The molecule has 14 heavy (non-hydrogen) atoms. The fourth-order valence-corrected chi connectivity index (χ4v) is 1.34. The summed E-state index contributed by atoms with van der Waals surface area (Å²) in [6.07, 6.45) is 0. The van der Waals surface area contributed by atoms with E-state index in [2.05, 4.69) is 0 Å². The van der Waals surface area contributed by atoms with Crippen molar-refractivity contribution in [2.45, 2.75) is 13.8 Å². The van der Waals surface area contributed by atoms with Gasteiger partial charge in [-0.25, -0.2) is 4.79 Å². The first-order valence-electron chi connectivity index (χ1n) is 4.22. The van der Waals surface area contributed by atoms with Gasteiger partial charge in [0.25, 0.3) is 0 Å². The van der Waals surface area contributed by atoms with E-state index in [0.29, 0.717) is 17.7 Å². The number of benzene rings is 1. The lowest BCUT2D eigenvalue weighted by atomic mass is 10.1. The van der Waals surface area contributed by atoms with Crippen LogP contribution in [0.5, 0.6) is 5.75 Å². The molecule has 0 radical (unpaired) electrons. The average Bonchev–Trinajstić information content (AvgIpc) is 2.13. The van der Waals surface area contributed by atoms with Crippen LogP contribution in [-0.2, 0) is 4.74 Å². The minimum Gasteiger partial charge on any atom is -0.506 e. The molecule has 1 rings (SSSR count). The minimum atomic E-state index is -0.433. The third-order valence-corrected chi connectivity index (χ3v) is 2.05. The molecule has 0 spiro atoms. The number of aryl methyl sites for hydroxylation is 1. The summed E-state index contributed by atoms with van der Waals surface area (Å²) < 4.78 is 4.80. The van der Waals surface area contributed by atoms with Gasteiger partial charge in [-0.2, -0.15) is 0 Å². The van der Waals surface area contributed by atoms with E-state index in [4.69, 9.17) is 16.3 Å². The number of esters is 1. The van der Waals surface area contributed by atoms with Crippen LogP contribution in [0.25, 0.3) is 0 Å². The largest absolute Gasteiger partial charge is 0.506 e. The van der Waals surface area contributed by atoms with Crippen molar-refractivity contribution in [3.8, 4) is 5.75 Å². The lowest BCUT2D eigenvalue weighted by Gasteiger charge is -2.05. The maximum Gasteiger partial charge on any atom is 0.338 e. The van der Waals surface area contributed by atoms with Gasteiger partial charge in [0.2, 0.25) is 0 Å². The maximum atomic E-state index is 11.3. The highest BCUT2D eigenvalue weighted by molar-refractivity contribution is 6.32. The number of phenols is 1. The number of hydrogen-bond donors (Lipinski definition) is 1. The molecule has 76 valence electrons. The van der Waals surface area contributed by atoms with Gasteiger partial charge in [-0.3, -0.25) is 0 Å². The Kier molecular flexibility index (Phi) is 3.36. The predicted octanol–water partition coefficient (Wildman–Crippen LogP) is 2.53. The van der Waals surface area contributed by atoms with E-state index in [1.54, 1.807) is 19.9 Å². The van der Waals surface area contributed by atoms with Crippen molar-refractivity contribution in [3.05, 3.63) is 28.3 Å². The van der Waals surface area contributed by atoms with E-state index >= 15 is 0 Å². The second kappa shape index (κ2) is 4.33. The Hall–Kier alpha value is -1.22. The highest BCUT2D eigenvalue weighted by Gasteiger charge is 2.11. The Labute approximate surface area is 87.3 Å². The molecule has 1 aromatic carbocycles. The molecule has 0 amide bonds. The minimum absolute atomic E-state index is 0.000264. The van der Waals surface area contributed by atoms with Gasteiger partial charge in [-0.1, -0.05) is 11.6 Å². The van der Waals surface area contributed by atoms with Crippen LogP contribution in [0, 0.1) is 6.92 Å². The Bertz CT molecular complexity index is 337. The Morgan fingerprint density at radius 2 is 2.21 bits per heavy atom. The van der Waals surface area contributed by atoms with Gasteiger partial charge < -0.3 is 9.84 Å². The van der Waals surface area contributed by atoms with E-state index < -0.39 is 5.97 Å². The number of ether oxygens (including phenoxy) is 1. The maximum absolute atomic E-state index is 11.3. The number of carbonyl (C=O) groups is 1. The molecule has 0 aromatic heterocycles. The molecule has 0 heterocycles. The Morgan fingerprint density at radius 3 is 2.71 bits per heavy atom. The number of rotatable bonds is 2. The summed E-state index contributed by atoms with van der Waals surface area (Å²) in [7, 11) is 0. The lowest BCUT2D eigenvalue weighted by molar-refractivity contribution is 0.0526. The Morgan fingerprint density at radius 1 is 1.57 bits per heavy atom. The molecular formula is C10H11ClO3. The monoisotopic (exact) mass is 214 g/mol. The molecule has 4 heteroatoms. The van der Waals surface area contributed by atoms with Gasteiger partial charge in [0.05, 0.1) is 17.2 Å². The van der Waals surface area contributed by atoms with Gasteiger partial charge in [-0.05, 0) is 31.5 Å². The average molecular weight is 215 g/mol. The number of phenolic OH excluding ortho intramolecular Hbond substituents is 1. The van der Waals surface area contributed by atoms with Gasteiger partial charge in [0, 0.05) is 0 Å². The van der Waals surface area contributed by atoms with E-state index in [1.807, 2.05) is 0 Å².